The lowest BCUT2D eigenvalue weighted by atomic mass is 9.79. The molecule has 2 aliphatic rings. The van der Waals surface area contributed by atoms with Crippen LogP contribution in [0.5, 0.6) is 0 Å². The molecular formula is C20H31N3O2. The third-order valence-corrected chi connectivity index (χ3v) is 5.54. The standard InChI is InChI=1S/C20H31N3O2/c1-20(2)15-23(9-8-18(20)21)19(24)12-17-14-22(10-11-25-17)13-16-6-4-3-5-7-16/h3-7,17-18H,8-15,21H2,1-2H3. The molecule has 2 atom stereocenters. The van der Waals surface area contributed by atoms with E-state index in [2.05, 4.69) is 43.0 Å². The number of nitrogens with two attached hydrogens (primary N) is 1. The molecule has 2 unspecified atom stereocenters. The summed E-state index contributed by atoms with van der Waals surface area (Å²) in [5.41, 5.74) is 7.47. The van der Waals surface area contributed by atoms with Gasteiger partial charge in [0.1, 0.15) is 0 Å². The van der Waals surface area contributed by atoms with E-state index >= 15 is 0 Å². The second kappa shape index (κ2) is 7.85. The van der Waals surface area contributed by atoms with Crippen LogP contribution in [0.15, 0.2) is 30.3 Å². The number of likely N-dealkylation sites (tertiary alicyclic amines) is 1. The zero-order chi connectivity index (χ0) is 17.9. The normalized spacial score (nSPS) is 27.2. The maximum Gasteiger partial charge on any atom is 0.225 e. The first-order chi connectivity index (χ1) is 11.9. The van der Waals surface area contributed by atoms with Crippen molar-refractivity contribution < 1.29 is 9.53 Å². The van der Waals surface area contributed by atoms with E-state index in [-0.39, 0.29) is 23.5 Å². The fourth-order valence-corrected chi connectivity index (χ4v) is 3.80. The molecule has 3 rings (SSSR count). The topological polar surface area (TPSA) is 58.8 Å². The van der Waals surface area contributed by atoms with Gasteiger partial charge in [-0.3, -0.25) is 9.69 Å². The summed E-state index contributed by atoms with van der Waals surface area (Å²) < 4.78 is 5.87. The maximum absolute atomic E-state index is 12.7. The molecule has 1 aromatic rings. The maximum atomic E-state index is 12.7. The van der Waals surface area contributed by atoms with Crippen molar-refractivity contribution in [1.29, 1.82) is 0 Å². The van der Waals surface area contributed by atoms with Crippen LogP contribution in [-0.2, 0) is 16.1 Å². The molecule has 5 nitrogen and oxygen atoms in total. The smallest absolute Gasteiger partial charge is 0.225 e. The predicted octanol–water partition coefficient (Wildman–Crippen LogP) is 1.86. The Morgan fingerprint density at radius 2 is 2.04 bits per heavy atom. The van der Waals surface area contributed by atoms with Crippen LogP contribution in [0.1, 0.15) is 32.3 Å². The van der Waals surface area contributed by atoms with Gasteiger partial charge in [0.15, 0.2) is 0 Å². The molecule has 0 radical (unpaired) electrons. The molecule has 0 aliphatic carbocycles. The van der Waals surface area contributed by atoms with E-state index in [9.17, 15) is 4.79 Å². The molecule has 2 fully saturated rings. The second-order valence-electron chi connectivity index (χ2n) is 8.12. The summed E-state index contributed by atoms with van der Waals surface area (Å²) in [4.78, 5) is 17.1. The summed E-state index contributed by atoms with van der Waals surface area (Å²) in [7, 11) is 0. The summed E-state index contributed by atoms with van der Waals surface area (Å²) in [5, 5.41) is 0. The SMILES string of the molecule is CC1(C)CN(C(=O)CC2CN(Cc3ccccc3)CCO2)CCC1N. The van der Waals surface area contributed by atoms with Gasteiger partial charge >= 0.3 is 0 Å². The molecule has 2 aliphatic heterocycles. The minimum atomic E-state index is -0.0132. The summed E-state index contributed by atoms with van der Waals surface area (Å²) in [6, 6.07) is 10.6. The highest BCUT2D eigenvalue weighted by molar-refractivity contribution is 5.77. The molecule has 0 bridgehead atoms. The Bertz CT molecular complexity index is 576. The highest BCUT2D eigenvalue weighted by atomic mass is 16.5. The van der Waals surface area contributed by atoms with Crippen LogP contribution in [0.25, 0.3) is 0 Å². The minimum absolute atomic E-state index is 0.0105. The molecular weight excluding hydrogens is 314 g/mol. The third kappa shape index (κ3) is 4.81. The Balaban J connectivity index is 1.51. The van der Waals surface area contributed by atoms with E-state index in [4.69, 9.17) is 10.5 Å². The molecule has 25 heavy (non-hydrogen) atoms. The fourth-order valence-electron chi connectivity index (χ4n) is 3.80. The van der Waals surface area contributed by atoms with E-state index in [0.717, 1.165) is 39.1 Å². The van der Waals surface area contributed by atoms with Crippen molar-refractivity contribution in [2.24, 2.45) is 11.1 Å². The van der Waals surface area contributed by atoms with Gasteiger partial charge in [-0.25, -0.2) is 0 Å². The van der Waals surface area contributed by atoms with Crippen LogP contribution < -0.4 is 5.73 Å². The quantitative estimate of drug-likeness (QED) is 0.905. The first-order valence-electron chi connectivity index (χ1n) is 9.35. The number of benzene rings is 1. The van der Waals surface area contributed by atoms with Gasteiger partial charge < -0.3 is 15.4 Å². The summed E-state index contributed by atoms with van der Waals surface area (Å²) in [6.07, 6.45) is 1.34. The number of carbonyl (C=O) groups is 1. The zero-order valence-corrected chi connectivity index (χ0v) is 15.5. The van der Waals surface area contributed by atoms with Crippen LogP contribution in [-0.4, -0.2) is 60.6 Å². The Morgan fingerprint density at radius 3 is 2.76 bits per heavy atom. The van der Waals surface area contributed by atoms with Gasteiger partial charge in [0.05, 0.1) is 19.1 Å². The average molecular weight is 345 g/mol. The fraction of sp³-hybridized carbons (Fsp3) is 0.650. The van der Waals surface area contributed by atoms with Crippen molar-refractivity contribution in [1.82, 2.24) is 9.80 Å². The van der Waals surface area contributed by atoms with E-state index in [1.807, 2.05) is 11.0 Å². The van der Waals surface area contributed by atoms with Gasteiger partial charge in [0, 0.05) is 38.8 Å². The Labute approximate surface area is 151 Å². The largest absolute Gasteiger partial charge is 0.375 e. The summed E-state index contributed by atoms with van der Waals surface area (Å²) >= 11 is 0. The van der Waals surface area contributed by atoms with Crippen molar-refractivity contribution in [2.45, 2.75) is 45.4 Å². The van der Waals surface area contributed by atoms with Crippen LogP contribution in [0.3, 0.4) is 0 Å². The third-order valence-electron chi connectivity index (χ3n) is 5.54. The van der Waals surface area contributed by atoms with Gasteiger partial charge in [0.25, 0.3) is 0 Å². The van der Waals surface area contributed by atoms with E-state index in [1.54, 1.807) is 0 Å². The molecule has 1 aromatic carbocycles. The molecule has 0 spiro atoms. The number of rotatable bonds is 4. The predicted molar refractivity (Wildman–Crippen MR) is 99.0 cm³/mol. The Morgan fingerprint density at radius 1 is 1.28 bits per heavy atom. The van der Waals surface area contributed by atoms with Crippen LogP contribution >= 0.6 is 0 Å². The molecule has 5 heteroatoms. The summed E-state index contributed by atoms with van der Waals surface area (Å²) in [6.45, 7) is 9.16. The van der Waals surface area contributed by atoms with Crippen molar-refractivity contribution in [2.75, 3.05) is 32.8 Å². The van der Waals surface area contributed by atoms with Gasteiger partial charge in [-0.05, 0) is 17.4 Å². The average Bonchev–Trinajstić information content (AvgIpc) is 2.58. The van der Waals surface area contributed by atoms with Gasteiger partial charge in [-0.1, -0.05) is 44.2 Å². The van der Waals surface area contributed by atoms with Gasteiger partial charge in [-0.15, -0.1) is 0 Å². The first kappa shape index (κ1) is 18.4. The number of carbonyl (C=O) groups excluding carboxylic acids is 1. The Kier molecular flexibility index (Phi) is 5.77. The number of morpholine rings is 1. The zero-order valence-electron chi connectivity index (χ0n) is 15.5. The van der Waals surface area contributed by atoms with E-state index in [0.29, 0.717) is 13.0 Å². The molecule has 2 N–H and O–H groups in total. The number of hydrogen-bond donors (Lipinski definition) is 1. The number of amides is 1. The van der Waals surface area contributed by atoms with Gasteiger partial charge in [-0.2, -0.15) is 0 Å². The lowest BCUT2D eigenvalue weighted by Gasteiger charge is -2.43. The van der Waals surface area contributed by atoms with Crippen molar-refractivity contribution in [3.8, 4) is 0 Å². The molecule has 1 amide bonds. The molecule has 0 aromatic heterocycles. The van der Waals surface area contributed by atoms with Gasteiger partial charge in [0.2, 0.25) is 5.91 Å². The van der Waals surface area contributed by atoms with E-state index in [1.165, 1.54) is 5.56 Å². The van der Waals surface area contributed by atoms with Crippen molar-refractivity contribution in [3.05, 3.63) is 35.9 Å². The molecule has 2 heterocycles. The molecule has 2 saturated heterocycles. The lowest BCUT2D eigenvalue weighted by molar-refractivity contribution is -0.139. The highest BCUT2D eigenvalue weighted by Gasteiger charge is 2.36. The highest BCUT2D eigenvalue weighted by Crippen LogP contribution is 2.28. The molecule has 0 saturated carbocycles. The van der Waals surface area contributed by atoms with Crippen LogP contribution in [0.2, 0.25) is 0 Å². The van der Waals surface area contributed by atoms with Crippen LogP contribution in [0, 0.1) is 5.41 Å². The van der Waals surface area contributed by atoms with Crippen molar-refractivity contribution >= 4 is 5.91 Å². The number of hydrogen-bond acceptors (Lipinski definition) is 4. The molecule has 138 valence electrons. The monoisotopic (exact) mass is 345 g/mol. The van der Waals surface area contributed by atoms with Crippen molar-refractivity contribution in [3.63, 3.8) is 0 Å². The summed E-state index contributed by atoms with van der Waals surface area (Å²) in [5.74, 6) is 0.200. The number of piperidine rings is 1. The Hall–Kier alpha value is -1.43. The second-order valence-corrected chi connectivity index (χ2v) is 8.12. The number of ether oxygens (including phenoxy) is 1. The lowest BCUT2D eigenvalue weighted by Crippen LogP contribution is -2.54. The minimum Gasteiger partial charge on any atom is -0.375 e. The number of nitrogens with zero attached hydrogens (tertiary/aromatic N) is 2. The van der Waals surface area contributed by atoms with E-state index < -0.39 is 0 Å². The first-order valence-corrected chi connectivity index (χ1v) is 9.35. The van der Waals surface area contributed by atoms with Crippen LogP contribution in [0.4, 0.5) is 0 Å².